The lowest BCUT2D eigenvalue weighted by Gasteiger charge is -2.38. The van der Waals surface area contributed by atoms with Crippen LogP contribution in [0.3, 0.4) is 0 Å². The fraction of sp³-hybridized carbons (Fsp3) is 0.467. The van der Waals surface area contributed by atoms with Crippen LogP contribution in [-0.2, 0) is 28.0 Å². The van der Waals surface area contributed by atoms with E-state index in [9.17, 15) is 19.6 Å². The summed E-state index contributed by atoms with van der Waals surface area (Å²) in [7, 11) is 0. The van der Waals surface area contributed by atoms with Gasteiger partial charge in [0.2, 0.25) is 11.8 Å². The highest BCUT2D eigenvalue weighted by Gasteiger charge is 2.40. The molecular weight excluding hydrogens is 535 g/mol. The molecule has 2 aromatic carbocycles. The first kappa shape index (κ1) is 27.6. The lowest BCUT2D eigenvalue weighted by Crippen LogP contribution is -2.52. The van der Waals surface area contributed by atoms with E-state index in [1.807, 2.05) is 18.2 Å². The van der Waals surface area contributed by atoms with Crippen molar-refractivity contribution in [2.75, 3.05) is 19.6 Å². The van der Waals surface area contributed by atoms with Gasteiger partial charge >= 0.3 is 0 Å². The third-order valence-corrected chi connectivity index (χ3v) is 9.09. The topological polar surface area (TPSA) is 93.5 Å². The van der Waals surface area contributed by atoms with Crippen molar-refractivity contribution in [1.82, 2.24) is 15.1 Å². The zero-order chi connectivity index (χ0) is 27.6. The number of halogens is 2. The van der Waals surface area contributed by atoms with Gasteiger partial charge in [0.05, 0.1) is 11.5 Å². The molecular formula is C30H32Cl2N4O3. The SMILES string of the molecule is N#CC1(c2c(Cl)cccc2Cl)CCN(CCCCCc2cccc3c2CN(C2CCC(=O)NC2=O)C3=O)CC1. The molecule has 0 saturated carbocycles. The Morgan fingerprint density at radius 3 is 2.41 bits per heavy atom. The number of carbonyl (C=O) groups excluding carboxylic acids is 3. The highest BCUT2D eigenvalue weighted by atomic mass is 35.5. The van der Waals surface area contributed by atoms with Crippen LogP contribution in [0.1, 0.15) is 72.0 Å². The maximum absolute atomic E-state index is 13.0. The maximum Gasteiger partial charge on any atom is 0.255 e. The Balaban J connectivity index is 1.10. The third-order valence-electron chi connectivity index (χ3n) is 8.46. The van der Waals surface area contributed by atoms with Crippen molar-refractivity contribution in [2.24, 2.45) is 0 Å². The average molecular weight is 568 g/mol. The largest absolute Gasteiger partial charge is 0.322 e. The van der Waals surface area contributed by atoms with Crippen molar-refractivity contribution in [2.45, 2.75) is 69.4 Å². The second kappa shape index (κ2) is 11.7. The van der Waals surface area contributed by atoms with Crippen LogP contribution < -0.4 is 5.32 Å². The molecule has 39 heavy (non-hydrogen) atoms. The van der Waals surface area contributed by atoms with E-state index in [4.69, 9.17) is 23.2 Å². The van der Waals surface area contributed by atoms with Crippen LogP contribution in [0.15, 0.2) is 36.4 Å². The van der Waals surface area contributed by atoms with Crippen LogP contribution in [0.5, 0.6) is 0 Å². The molecule has 0 aliphatic carbocycles. The summed E-state index contributed by atoms with van der Waals surface area (Å²) < 4.78 is 0. The highest BCUT2D eigenvalue weighted by molar-refractivity contribution is 6.36. The molecule has 3 amide bonds. The van der Waals surface area contributed by atoms with Crippen molar-refractivity contribution in [3.63, 3.8) is 0 Å². The molecule has 204 valence electrons. The second-order valence-corrected chi connectivity index (χ2v) is 11.6. The molecule has 3 heterocycles. The molecule has 2 fully saturated rings. The predicted molar refractivity (Wildman–Crippen MR) is 149 cm³/mol. The van der Waals surface area contributed by atoms with E-state index >= 15 is 0 Å². The lowest BCUT2D eigenvalue weighted by atomic mass is 9.74. The smallest absolute Gasteiger partial charge is 0.255 e. The summed E-state index contributed by atoms with van der Waals surface area (Å²) >= 11 is 12.9. The van der Waals surface area contributed by atoms with Crippen molar-refractivity contribution in [3.8, 4) is 6.07 Å². The van der Waals surface area contributed by atoms with E-state index in [0.717, 1.165) is 62.0 Å². The summed E-state index contributed by atoms with van der Waals surface area (Å²) in [6.45, 7) is 3.06. The molecule has 0 aromatic heterocycles. The summed E-state index contributed by atoms with van der Waals surface area (Å²) in [4.78, 5) is 40.9. The Bertz CT molecular complexity index is 1310. The van der Waals surface area contributed by atoms with Gasteiger partial charge in [0.15, 0.2) is 0 Å². The van der Waals surface area contributed by atoms with Crippen LogP contribution in [0.25, 0.3) is 0 Å². The number of piperidine rings is 2. The first-order chi connectivity index (χ1) is 18.8. The van der Waals surface area contributed by atoms with E-state index in [2.05, 4.69) is 22.4 Å². The second-order valence-electron chi connectivity index (χ2n) is 10.8. The van der Waals surface area contributed by atoms with Gasteiger partial charge in [-0.1, -0.05) is 47.8 Å². The molecule has 1 atom stereocenters. The number of benzene rings is 2. The molecule has 3 aliphatic rings. The number of rotatable bonds is 8. The van der Waals surface area contributed by atoms with Gasteiger partial charge in [0, 0.05) is 34.1 Å². The quantitative estimate of drug-likeness (QED) is 0.357. The van der Waals surface area contributed by atoms with Gasteiger partial charge in [0.25, 0.3) is 5.91 Å². The molecule has 7 nitrogen and oxygen atoms in total. The number of hydrogen-bond donors (Lipinski definition) is 1. The maximum atomic E-state index is 13.0. The minimum absolute atomic E-state index is 0.127. The molecule has 3 aliphatic heterocycles. The van der Waals surface area contributed by atoms with Crippen LogP contribution >= 0.6 is 23.2 Å². The Morgan fingerprint density at radius 1 is 1.00 bits per heavy atom. The molecule has 0 bridgehead atoms. The molecule has 2 aromatic rings. The lowest BCUT2D eigenvalue weighted by molar-refractivity contribution is -0.136. The zero-order valence-electron chi connectivity index (χ0n) is 21.8. The van der Waals surface area contributed by atoms with Crippen LogP contribution in [0, 0.1) is 11.3 Å². The van der Waals surface area contributed by atoms with Gasteiger partial charge in [-0.25, -0.2) is 0 Å². The first-order valence-electron chi connectivity index (χ1n) is 13.7. The fourth-order valence-corrected chi connectivity index (χ4v) is 7.00. The number of amides is 3. The van der Waals surface area contributed by atoms with Gasteiger partial charge in [-0.05, 0) is 87.5 Å². The monoisotopic (exact) mass is 566 g/mol. The molecule has 5 rings (SSSR count). The predicted octanol–water partition coefficient (Wildman–Crippen LogP) is 5.02. The van der Waals surface area contributed by atoms with E-state index in [-0.39, 0.29) is 24.1 Å². The van der Waals surface area contributed by atoms with Gasteiger partial charge in [-0.3, -0.25) is 19.7 Å². The standard InChI is InChI=1S/C30H32Cl2N4O3/c31-23-9-5-10-24(32)27(23)30(19-33)13-16-35(17-14-30)15-3-1-2-6-20-7-4-8-21-22(20)18-36(29(21)39)25-11-12-26(37)34-28(25)38/h4-5,7-10,25H,1-3,6,11-18H2,(H,34,37,38). The minimum atomic E-state index is -0.640. The molecule has 0 radical (unpaired) electrons. The Hall–Kier alpha value is -2.92. The third kappa shape index (κ3) is 5.56. The first-order valence-corrected chi connectivity index (χ1v) is 14.4. The van der Waals surface area contributed by atoms with E-state index in [1.165, 1.54) is 0 Å². The van der Waals surface area contributed by atoms with E-state index < -0.39 is 11.5 Å². The van der Waals surface area contributed by atoms with Gasteiger partial charge in [-0.15, -0.1) is 0 Å². The van der Waals surface area contributed by atoms with Crippen LogP contribution in [-0.4, -0.2) is 53.2 Å². The van der Waals surface area contributed by atoms with Crippen LogP contribution in [0.2, 0.25) is 10.0 Å². The number of imide groups is 1. The molecule has 0 spiro atoms. The number of nitrogens with one attached hydrogen (secondary N) is 1. The normalized spacial score (nSPS) is 21.0. The summed E-state index contributed by atoms with van der Waals surface area (Å²) in [5.74, 6) is -0.786. The summed E-state index contributed by atoms with van der Waals surface area (Å²) in [5.41, 5.74) is 2.96. The molecule has 1 unspecified atom stereocenters. The van der Waals surface area contributed by atoms with E-state index in [0.29, 0.717) is 41.4 Å². The number of likely N-dealkylation sites (tertiary alicyclic amines) is 1. The van der Waals surface area contributed by atoms with Crippen molar-refractivity contribution in [1.29, 1.82) is 5.26 Å². The van der Waals surface area contributed by atoms with Crippen molar-refractivity contribution >= 4 is 40.9 Å². The van der Waals surface area contributed by atoms with Gasteiger partial charge in [0.1, 0.15) is 6.04 Å². The summed E-state index contributed by atoms with van der Waals surface area (Å²) in [6, 6.07) is 13.2. The zero-order valence-corrected chi connectivity index (χ0v) is 23.4. The minimum Gasteiger partial charge on any atom is -0.322 e. The van der Waals surface area contributed by atoms with Crippen LogP contribution in [0.4, 0.5) is 0 Å². The number of unbranched alkanes of at least 4 members (excludes halogenated alkanes) is 2. The molecule has 2 saturated heterocycles. The van der Waals surface area contributed by atoms with E-state index in [1.54, 1.807) is 17.0 Å². The Labute approximate surface area is 239 Å². The Kier molecular flexibility index (Phi) is 8.27. The fourth-order valence-electron chi connectivity index (χ4n) is 6.24. The number of hydrogen-bond acceptors (Lipinski definition) is 5. The van der Waals surface area contributed by atoms with Crippen molar-refractivity contribution in [3.05, 3.63) is 68.7 Å². The summed E-state index contributed by atoms with van der Waals surface area (Å²) in [5, 5.41) is 13.5. The Morgan fingerprint density at radius 2 is 1.72 bits per heavy atom. The highest BCUT2D eigenvalue weighted by Crippen LogP contribution is 2.42. The van der Waals surface area contributed by atoms with Gasteiger partial charge < -0.3 is 9.80 Å². The van der Waals surface area contributed by atoms with Gasteiger partial charge in [-0.2, -0.15) is 5.26 Å². The molecule has 9 heteroatoms. The number of nitriles is 1. The molecule has 1 N–H and O–H groups in total. The van der Waals surface area contributed by atoms with Crippen molar-refractivity contribution < 1.29 is 14.4 Å². The number of carbonyl (C=O) groups is 3. The average Bonchev–Trinajstić information content (AvgIpc) is 3.26. The number of fused-ring (bicyclic) bond motifs is 1. The number of nitrogens with zero attached hydrogens (tertiary/aromatic N) is 3. The summed E-state index contributed by atoms with van der Waals surface area (Å²) in [6.07, 6.45) is 6.05. The number of aryl methyl sites for hydroxylation is 1.